The smallest absolute Gasteiger partial charge is 0.147 e. The summed E-state index contributed by atoms with van der Waals surface area (Å²) in [6, 6.07) is 40.6. The Kier molecular flexibility index (Phi) is 3.97. The SMILES string of the molecule is c1ccc(-c2c3ccccc3c(-c3cc4ccoc4c4c3oc3ccccc34)c3ccccc23)cc1. The van der Waals surface area contributed by atoms with E-state index in [0.29, 0.717) is 0 Å². The number of fused-ring (bicyclic) bond motifs is 7. The van der Waals surface area contributed by atoms with Crippen LogP contribution in [0.3, 0.4) is 0 Å². The molecule has 0 fully saturated rings. The highest BCUT2D eigenvalue weighted by atomic mass is 16.3. The number of benzene rings is 6. The highest BCUT2D eigenvalue weighted by molar-refractivity contribution is 6.27. The molecule has 0 aliphatic heterocycles. The predicted octanol–water partition coefficient (Wildman–Crippen LogP) is 9.97. The lowest BCUT2D eigenvalue weighted by Gasteiger charge is -2.18. The van der Waals surface area contributed by atoms with Gasteiger partial charge in [0, 0.05) is 21.9 Å². The molecule has 6 aromatic carbocycles. The van der Waals surface area contributed by atoms with E-state index in [1.807, 2.05) is 18.2 Å². The molecule has 8 aromatic rings. The van der Waals surface area contributed by atoms with Crippen molar-refractivity contribution < 1.29 is 8.83 Å². The molecule has 0 aliphatic rings. The molecular weight excluding hydrogens is 440 g/mol. The van der Waals surface area contributed by atoms with Crippen LogP contribution in [0.25, 0.3) is 76.7 Å². The van der Waals surface area contributed by atoms with Gasteiger partial charge in [-0.1, -0.05) is 97.1 Å². The van der Waals surface area contributed by atoms with Gasteiger partial charge in [-0.3, -0.25) is 0 Å². The minimum atomic E-state index is 0.862. The van der Waals surface area contributed by atoms with Gasteiger partial charge in [0.05, 0.1) is 11.6 Å². The molecule has 0 amide bonds. The van der Waals surface area contributed by atoms with Gasteiger partial charge in [0.15, 0.2) is 0 Å². The van der Waals surface area contributed by atoms with Crippen LogP contribution in [0.2, 0.25) is 0 Å². The quantitative estimate of drug-likeness (QED) is 0.240. The molecule has 2 nitrogen and oxygen atoms in total. The number of hydrogen-bond acceptors (Lipinski definition) is 2. The van der Waals surface area contributed by atoms with E-state index in [0.717, 1.165) is 38.5 Å². The third-order valence-corrected chi connectivity index (χ3v) is 7.33. The van der Waals surface area contributed by atoms with Gasteiger partial charge >= 0.3 is 0 Å². The molecule has 2 heteroatoms. The van der Waals surface area contributed by atoms with Crippen molar-refractivity contribution in [3.8, 4) is 22.3 Å². The van der Waals surface area contributed by atoms with Crippen molar-refractivity contribution in [2.45, 2.75) is 0 Å². The fourth-order valence-corrected chi connectivity index (χ4v) is 5.84. The maximum Gasteiger partial charge on any atom is 0.147 e. The van der Waals surface area contributed by atoms with Crippen molar-refractivity contribution in [1.29, 1.82) is 0 Å². The molecule has 0 radical (unpaired) electrons. The summed E-state index contributed by atoms with van der Waals surface area (Å²) in [6.07, 6.45) is 1.77. The van der Waals surface area contributed by atoms with E-state index in [1.165, 1.54) is 38.2 Å². The Morgan fingerprint density at radius 3 is 1.75 bits per heavy atom. The Balaban J connectivity index is 1.62. The van der Waals surface area contributed by atoms with Crippen LogP contribution in [0.1, 0.15) is 0 Å². The average Bonchev–Trinajstić information content (AvgIpc) is 3.56. The average molecular weight is 461 g/mol. The monoisotopic (exact) mass is 460 g/mol. The van der Waals surface area contributed by atoms with Gasteiger partial charge in [-0.15, -0.1) is 0 Å². The molecule has 0 saturated carbocycles. The summed E-state index contributed by atoms with van der Waals surface area (Å²) in [5.74, 6) is 0. The second-order valence-electron chi connectivity index (χ2n) is 9.27. The summed E-state index contributed by atoms with van der Waals surface area (Å²) in [6.45, 7) is 0. The number of para-hydroxylation sites is 1. The molecule has 2 aromatic heterocycles. The largest absolute Gasteiger partial charge is 0.464 e. The van der Waals surface area contributed by atoms with Gasteiger partial charge in [0.2, 0.25) is 0 Å². The number of furan rings is 2. The molecule has 36 heavy (non-hydrogen) atoms. The maximum atomic E-state index is 6.57. The van der Waals surface area contributed by atoms with E-state index < -0.39 is 0 Å². The fourth-order valence-electron chi connectivity index (χ4n) is 5.84. The second kappa shape index (κ2) is 7.34. The molecule has 8 rings (SSSR count). The fraction of sp³-hybridized carbons (Fsp3) is 0. The standard InChI is InChI=1S/C34H20O2/c1-2-10-21(11-3-1)30-23-12-4-6-14-25(23)31(26-15-7-5-13-24(26)30)28-20-22-18-19-35-33(22)32-27-16-8-9-17-29(27)36-34(28)32/h1-20H. The van der Waals surface area contributed by atoms with Crippen LogP contribution in [-0.4, -0.2) is 0 Å². The molecule has 2 heterocycles. The highest BCUT2D eigenvalue weighted by Gasteiger charge is 2.22. The van der Waals surface area contributed by atoms with Gasteiger partial charge in [-0.2, -0.15) is 0 Å². The van der Waals surface area contributed by atoms with E-state index >= 15 is 0 Å². The van der Waals surface area contributed by atoms with Gasteiger partial charge in [-0.25, -0.2) is 0 Å². The van der Waals surface area contributed by atoms with Crippen LogP contribution >= 0.6 is 0 Å². The first-order chi connectivity index (χ1) is 17.9. The molecule has 0 spiro atoms. The summed E-state index contributed by atoms with van der Waals surface area (Å²) >= 11 is 0. The summed E-state index contributed by atoms with van der Waals surface area (Å²) in [5.41, 5.74) is 7.35. The molecule has 0 bridgehead atoms. The van der Waals surface area contributed by atoms with E-state index in [2.05, 4.69) is 97.1 Å². The lowest BCUT2D eigenvalue weighted by molar-refractivity contribution is 0.618. The molecule has 0 N–H and O–H groups in total. The van der Waals surface area contributed by atoms with Crippen LogP contribution in [0, 0.1) is 0 Å². The van der Waals surface area contributed by atoms with Crippen LogP contribution in [0.15, 0.2) is 130 Å². The molecule has 168 valence electrons. The first-order valence-corrected chi connectivity index (χ1v) is 12.2. The van der Waals surface area contributed by atoms with Crippen molar-refractivity contribution in [3.05, 3.63) is 122 Å². The summed E-state index contributed by atoms with van der Waals surface area (Å²) < 4.78 is 12.5. The Hall–Kier alpha value is -4.82. The number of rotatable bonds is 2. The van der Waals surface area contributed by atoms with Gasteiger partial charge in [-0.05, 0) is 50.9 Å². The lowest BCUT2D eigenvalue weighted by Crippen LogP contribution is -1.91. The minimum absolute atomic E-state index is 0.862. The van der Waals surface area contributed by atoms with Crippen LogP contribution in [0.5, 0.6) is 0 Å². The highest BCUT2D eigenvalue weighted by Crippen LogP contribution is 2.48. The zero-order valence-electron chi connectivity index (χ0n) is 19.4. The lowest BCUT2D eigenvalue weighted by atomic mass is 9.85. The molecule has 0 atom stereocenters. The second-order valence-corrected chi connectivity index (χ2v) is 9.27. The first kappa shape index (κ1) is 19.5. The van der Waals surface area contributed by atoms with Crippen LogP contribution in [0.4, 0.5) is 0 Å². The first-order valence-electron chi connectivity index (χ1n) is 12.2. The Morgan fingerprint density at radius 1 is 0.472 bits per heavy atom. The summed E-state index contributed by atoms with van der Waals surface area (Å²) in [7, 11) is 0. The van der Waals surface area contributed by atoms with Crippen molar-refractivity contribution in [3.63, 3.8) is 0 Å². The van der Waals surface area contributed by atoms with E-state index in [9.17, 15) is 0 Å². The topological polar surface area (TPSA) is 26.3 Å². The van der Waals surface area contributed by atoms with Gasteiger partial charge in [0.1, 0.15) is 16.7 Å². The summed E-state index contributed by atoms with van der Waals surface area (Å²) in [4.78, 5) is 0. The molecule has 0 unspecified atom stereocenters. The van der Waals surface area contributed by atoms with Crippen molar-refractivity contribution in [2.75, 3.05) is 0 Å². The predicted molar refractivity (Wildman–Crippen MR) is 149 cm³/mol. The van der Waals surface area contributed by atoms with Gasteiger partial charge in [0.25, 0.3) is 0 Å². The van der Waals surface area contributed by atoms with Crippen molar-refractivity contribution in [2.24, 2.45) is 0 Å². The normalized spacial score (nSPS) is 11.9. The van der Waals surface area contributed by atoms with Crippen molar-refractivity contribution in [1.82, 2.24) is 0 Å². The molecule has 0 saturated heterocycles. The molecule has 0 aliphatic carbocycles. The van der Waals surface area contributed by atoms with E-state index in [-0.39, 0.29) is 0 Å². The zero-order chi connectivity index (χ0) is 23.6. The third-order valence-electron chi connectivity index (χ3n) is 7.33. The van der Waals surface area contributed by atoms with Crippen molar-refractivity contribution >= 4 is 54.5 Å². The van der Waals surface area contributed by atoms with E-state index in [4.69, 9.17) is 8.83 Å². The molecular formula is C34H20O2. The Morgan fingerprint density at radius 2 is 1.06 bits per heavy atom. The minimum Gasteiger partial charge on any atom is -0.464 e. The zero-order valence-corrected chi connectivity index (χ0v) is 19.4. The van der Waals surface area contributed by atoms with E-state index in [1.54, 1.807) is 6.26 Å². The third kappa shape index (κ3) is 2.61. The maximum absolute atomic E-state index is 6.57. The van der Waals surface area contributed by atoms with Crippen LogP contribution < -0.4 is 0 Å². The Bertz CT molecular complexity index is 2030. The number of hydrogen-bond donors (Lipinski definition) is 0. The summed E-state index contributed by atoms with van der Waals surface area (Å²) in [5, 5.41) is 8.05. The Labute approximate surface area is 207 Å². The van der Waals surface area contributed by atoms with Crippen LogP contribution in [-0.2, 0) is 0 Å². The van der Waals surface area contributed by atoms with Gasteiger partial charge < -0.3 is 8.83 Å².